The van der Waals surface area contributed by atoms with Crippen molar-refractivity contribution in [3.63, 3.8) is 0 Å². The van der Waals surface area contributed by atoms with Gasteiger partial charge in [-0.2, -0.15) is 0 Å². The molecule has 0 amide bonds. The SMILES string of the molecule is Cc1cccnc1CNCc1cccc(OC(F)(F)F)c1. The minimum Gasteiger partial charge on any atom is -0.406 e. The molecule has 0 aliphatic heterocycles. The maximum atomic E-state index is 12.1. The Kier molecular flexibility index (Phi) is 4.80. The first kappa shape index (κ1) is 15.3. The lowest BCUT2D eigenvalue weighted by atomic mass is 10.2. The molecular weight excluding hydrogens is 281 g/mol. The number of ether oxygens (including phenoxy) is 1. The lowest BCUT2D eigenvalue weighted by molar-refractivity contribution is -0.274. The molecule has 21 heavy (non-hydrogen) atoms. The second-order valence-electron chi connectivity index (χ2n) is 4.57. The third-order valence-corrected chi connectivity index (χ3v) is 2.87. The largest absolute Gasteiger partial charge is 0.573 e. The molecule has 0 bridgehead atoms. The zero-order chi connectivity index (χ0) is 15.3. The van der Waals surface area contributed by atoms with Gasteiger partial charge in [-0.05, 0) is 36.2 Å². The predicted molar refractivity (Wildman–Crippen MR) is 72.6 cm³/mol. The zero-order valence-electron chi connectivity index (χ0n) is 11.4. The van der Waals surface area contributed by atoms with Crippen molar-refractivity contribution >= 4 is 0 Å². The molecule has 0 saturated carbocycles. The third kappa shape index (κ3) is 5.07. The van der Waals surface area contributed by atoms with E-state index in [0.717, 1.165) is 11.3 Å². The van der Waals surface area contributed by atoms with Crippen molar-refractivity contribution in [3.05, 3.63) is 59.4 Å². The lowest BCUT2D eigenvalue weighted by Gasteiger charge is -2.11. The highest BCUT2D eigenvalue weighted by atomic mass is 19.4. The van der Waals surface area contributed by atoms with E-state index in [0.29, 0.717) is 18.7 Å². The molecule has 1 N–H and O–H groups in total. The van der Waals surface area contributed by atoms with Crippen LogP contribution in [0.4, 0.5) is 13.2 Å². The molecular formula is C15H15F3N2O. The van der Waals surface area contributed by atoms with Gasteiger partial charge in [-0.25, -0.2) is 0 Å². The molecule has 2 rings (SSSR count). The number of benzene rings is 1. The fraction of sp³-hybridized carbons (Fsp3) is 0.267. The lowest BCUT2D eigenvalue weighted by Crippen LogP contribution is -2.18. The van der Waals surface area contributed by atoms with Crippen molar-refractivity contribution in [2.24, 2.45) is 0 Å². The van der Waals surface area contributed by atoms with Gasteiger partial charge in [0.2, 0.25) is 0 Å². The van der Waals surface area contributed by atoms with Crippen LogP contribution in [0.1, 0.15) is 16.8 Å². The number of rotatable bonds is 5. The molecule has 112 valence electrons. The molecule has 0 atom stereocenters. The molecule has 0 aliphatic carbocycles. The highest BCUT2D eigenvalue weighted by Crippen LogP contribution is 2.23. The van der Waals surface area contributed by atoms with Crippen LogP contribution in [0.2, 0.25) is 0 Å². The van der Waals surface area contributed by atoms with Crippen molar-refractivity contribution in [1.82, 2.24) is 10.3 Å². The number of aromatic nitrogens is 1. The van der Waals surface area contributed by atoms with E-state index in [9.17, 15) is 13.2 Å². The van der Waals surface area contributed by atoms with Gasteiger partial charge in [-0.1, -0.05) is 18.2 Å². The Labute approximate surface area is 120 Å². The van der Waals surface area contributed by atoms with Crippen LogP contribution in [0.25, 0.3) is 0 Å². The molecule has 1 heterocycles. The topological polar surface area (TPSA) is 34.2 Å². The number of halogens is 3. The molecule has 0 unspecified atom stereocenters. The summed E-state index contributed by atoms with van der Waals surface area (Å²) in [5.74, 6) is -0.212. The van der Waals surface area contributed by atoms with Crippen molar-refractivity contribution < 1.29 is 17.9 Å². The summed E-state index contributed by atoms with van der Waals surface area (Å²) in [5, 5.41) is 3.15. The number of nitrogens with one attached hydrogen (secondary N) is 1. The molecule has 1 aromatic heterocycles. The van der Waals surface area contributed by atoms with E-state index < -0.39 is 6.36 Å². The smallest absolute Gasteiger partial charge is 0.406 e. The number of hydrogen-bond acceptors (Lipinski definition) is 3. The molecule has 2 aromatic rings. The van der Waals surface area contributed by atoms with Crippen LogP contribution in [-0.4, -0.2) is 11.3 Å². The summed E-state index contributed by atoms with van der Waals surface area (Å²) in [6.45, 7) is 2.95. The van der Waals surface area contributed by atoms with Crippen molar-refractivity contribution in [2.75, 3.05) is 0 Å². The van der Waals surface area contributed by atoms with Gasteiger partial charge < -0.3 is 10.1 Å². The molecule has 3 nitrogen and oxygen atoms in total. The second kappa shape index (κ2) is 6.58. The zero-order valence-corrected chi connectivity index (χ0v) is 11.4. The Hall–Kier alpha value is -2.08. The Morgan fingerprint density at radius 2 is 1.95 bits per heavy atom. The number of nitrogens with zero attached hydrogens (tertiary/aromatic N) is 1. The van der Waals surface area contributed by atoms with E-state index in [1.165, 1.54) is 18.2 Å². The van der Waals surface area contributed by atoms with Gasteiger partial charge in [-0.15, -0.1) is 13.2 Å². The van der Waals surface area contributed by atoms with Crippen LogP contribution in [0.3, 0.4) is 0 Å². The molecule has 6 heteroatoms. The summed E-state index contributed by atoms with van der Waals surface area (Å²) in [4.78, 5) is 4.24. The Morgan fingerprint density at radius 1 is 1.14 bits per heavy atom. The van der Waals surface area contributed by atoms with Gasteiger partial charge in [0, 0.05) is 19.3 Å². The van der Waals surface area contributed by atoms with Gasteiger partial charge >= 0.3 is 6.36 Å². The van der Waals surface area contributed by atoms with E-state index in [4.69, 9.17) is 0 Å². The fourth-order valence-corrected chi connectivity index (χ4v) is 1.88. The third-order valence-electron chi connectivity index (χ3n) is 2.87. The summed E-state index contributed by atoms with van der Waals surface area (Å²) >= 11 is 0. The van der Waals surface area contributed by atoms with Gasteiger partial charge in [-0.3, -0.25) is 4.98 Å². The molecule has 0 radical (unpaired) electrons. The van der Waals surface area contributed by atoms with Crippen molar-refractivity contribution in [3.8, 4) is 5.75 Å². The average Bonchev–Trinajstić information content (AvgIpc) is 2.39. The van der Waals surface area contributed by atoms with E-state index >= 15 is 0 Å². The van der Waals surface area contributed by atoms with Gasteiger partial charge in [0.05, 0.1) is 5.69 Å². The van der Waals surface area contributed by atoms with Gasteiger partial charge in [0.1, 0.15) is 5.75 Å². The summed E-state index contributed by atoms with van der Waals surface area (Å²) in [7, 11) is 0. The molecule has 0 saturated heterocycles. The van der Waals surface area contributed by atoms with E-state index in [-0.39, 0.29) is 5.75 Å². The Bertz CT molecular complexity index is 599. The summed E-state index contributed by atoms with van der Waals surface area (Å²) < 4.78 is 40.3. The maximum Gasteiger partial charge on any atom is 0.573 e. The summed E-state index contributed by atoms with van der Waals surface area (Å²) in [5.41, 5.74) is 2.70. The quantitative estimate of drug-likeness (QED) is 0.915. The normalized spacial score (nSPS) is 11.4. The number of hydrogen-bond donors (Lipinski definition) is 1. The van der Waals surface area contributed by atoms with Crippen LogP contribution in [0, 0.1) is 6.92 Å². The van der Waals surface area contributed by atoms with Crippen LogP contribution >= 0.6 is 0 Å². The highest BCUT2D eigenvalue weighted by molar-refractivity contribution is 5.28. The first-order chi connectivity index (χ1) is 9.94. The van der Waals surface area contributed by atoms with Crippen LogP contribution in [0.5, 0.6) is 5.75 Å². The van der Waals surface area contributed by atoms with E-state index in [1.807, 2.05) is 19.1 Å². The maximum absolute atomic E-state index is 12.1. The molecule has 0 fully saturated rings. The van der Waals surface area contributed by atoms with Gasteiger partial charge in [0.25, 0.3) is 0 Å². The highest BCUT2D eigenvalue weighted by Gasteiger charge is 2.31. The summed E-state index contributed by atoms with van der Waals surface area (Å²) in [6.07, 6.45) is -2.96. The average molecular weight is 296 g/mol. The molecule has 1 aromatic carbocycles. The fourth-order valence-electron chi connectivity index (χ4n) is 1.88. The minimum absolute atomic E-state index is 0.212. The van der Waals surface area contributed by atoms with E-state index in [1.54, 1.807) is 12.3 Å². The van der Waals surface area contributed by atoms with Crippen LogP contribution in [-0.2, 0) is 13.1 Å². The van der Waals surface area contributed by atoms with Crippen molar-refractivity contribution in [2.45, 2.75) is 26.4 Å². The van der Waals surface area contributed by atoms with E-state index in [2.05, 4.69) is 15.0 Å². The van der Waals surface area contributed by atoms with Crippen LogP contribution in [0.15, 0.2) is 42.6 Å². The number of alkyl halides is 3. The Balaban J connectivity index is 1.92. The summed E-state index contributed by atoms with van der Waals surface area (Å²) in [6, 6.07) is 9.73. The standard InChI is InChI=1S/C15H15F3N2O/c1-11-4-3-7-20-14(11)10-19-9-12-5-2-6-13(8-12)21-15(16,17)18/h2-8,19H,9-10H2,1H3. The monoisotopic (exact) mass is 296 g/mol. The van der Waals surface area contributed by atoms with Crippen molar-refractivity contribution in [1.29, 1.82) is 0 Å². The minimum atomic E-state index is -4.67. The number of pyridine rings is 1. The predicted octanol–water partition coefficient (Wildman–Crippen LogP) is 3.58. The Morgan fingerprint density at radius 3 is 2.67 bits per heavy atom. The molecule has 0 aliphatic rings. The first-order valence-electron chi connectivity index (χ1n) is 6.40. The first-order valence-corrected chi connectivity index (χ1v) is 6.40. The number of aryl methyl sites for hydroxylation is 1. The van der Waals surface area contributed by atoms with Gasteiger partial charge in [0.15, 0.2) is 0 Å². The van der Waals surface area contributed by atoms with Crippen LogP contribution < -0.4 is 10.1 Å². The molecule has 0 spiro atoms. The second-order valence-corrected chi connectivity index (χ2v) is 4.57.